The minimum Gasteiger partial charge on any atom is -0.484 e. The molecule has 0 aliphatic rings. The van der Waals surface area contributed by atoms with Crippen LogP contribution >= 0.6 is 0 Å². The smallest absolute Gasteiger partial charge is 0.273 e. The standard InChI is InChI=1S/C14H15FN2O5/c15-9-2-1-3-11(4-9)21-8-13-17-12(7-22-13)14(20)16-5-10(19)6-18/h1-4,7,10,18-19H,5-6,8H2,(H,16,20)/t10-/m0/s1. The Labute approximate surface area is 125 Å². The largest absolute Gasteiger partial charge is 0.484 e. The van der Waals surface area contributed by atoms with Gasteiger partial charge in [0, 0.05) is 12.6 Å². The number of hydrogen-bond acceptors (Lipinski definition) is 6. The van der Waals surface area contributed by atoms with Crippen molar-refractivity contribution in [2.24, 2.45) is 0 Å². The molecule has 7 nitrogen and oxygen atoms in total. The van der Waals surface area contributed by atoms with Crippen LogP contribution in [0.15, 0.2) is 34.9 Å². The third kappa shape index (κ3) is 4.54. The number of halogens is 1. The molecule has 0 spiro atoms. The van der Waals surface area contributed by atoms with Crippen LogP contribution in [0.5, 0.6) is 5.75 Å². The molecule has 0 radical (unpaired) electrons. The maximum atomic E-state index is 13.0. The highest BCUT2D eigenvalue weighted by Gasteiger charge is 2.13. The number of oxazole rings is 1. The quantitative estimate of drug-likeness (QED) is 0.687. The normalized spacial score (nSPS) is 12.0. The Kier molecular flexibility index (Phi) is 5.45. The number of aromatic nitrogens is 1. The van der Waals surface area contributed by atoms with E-state index in [-0.39, 0.29) is 24.7 Å². The number of aliphatic hydroxyl groups excluding tert-OH is 2. The van der Waals surface area contributed by atoms with Crippen molar-refractivity contribution in [1.82, 2.24) is 10.3 Å². The molecule has 1 amide bonds. The van der Waals surface area contributed by atoms with E-state index in [1.54, 1.807) is 6.07 Å². The maximum Gasteiger partial charge on any atom is 0.273 e. The van der Waals surface area contributed by atoms with Crippen LogP contribution < -0.4 is 10.1 Å². The second-order valence-electron chi connectivity index (χ2n) is 4.42. The molecule has 2 rings (SSSR count). The summed E-state index contributed by atoms with van der Waals surface area (Å²) in [6.07, 6.45) is 0.108. The SMILES string of the molecule is O=C(NC[C@H](O)CO)c1coc(COc2cccc(F)c2)n1. The Morgan fingerprint density at radius 1 is 1.50 bits per heavy atom. The van der Waals surface area contributed by atoms with E-state index in [4.69, 9.17) is 19.4 Å². The second kappa shape index (κ2) is 7.53. The van der Waals surface area contributed by atoms with Gasteiger partial charge in [-0.15, -0.1) is 0 Å². The molecule has 0 saturated carbocycles. The van der Waals surface area contributed by atoms with E-state index >= 15 is 0 Å². The van der Waals surface area contributed by atoms with Crippen molar-refractivity contribution in [3.05, 3.63) is 47.9 Å². The van der Waals surface area contributed by atoms with Crippen LogP contribution in [0.25, 0.3) is 0 Å². The molecule has 2 aromatic rings. The van der Waals surface area contributed by atoms with Gasteiger partial charge in [0.15, 0.2) is 12.3 Å². The molecule has 0 aliphatic carbocycles. The molecule has 118 valence electrons. The molecule has 0 saturated heterocycles. The van der Waals surface area contributed by atoms with Gasteiger partial charge in [-0.1, -0.05) is 6.07 Å². The average molecular weight is 310 g/mol. The van der Waals surface area contributed by atoms with Crippen LogP contribution in [0, 0.1) is 5.82 Å². The molecule has 1 aromatic carbocycles. The van der Waals surface area contributed by atoms with Crippen LogP contribution in [0.2, 0.25) is 0 Å². The number of aliphatic hydroxyl groups is 2. The highest BCUT2D eigenvalue weighted by Crippen LogP contribution is 2.14. The Balaban J connectivity index is 1.87. The van der Waals surface area contributed by atoms with E-state index in [0.717, 1.165) is 6.26 Å². The molecule has 8 heteroatoms. The van der Waals surface area contributed by atoms with Crippen molar-refractivity contribution in [1.29, 1.82) is 0 Å². The summed E-state index contributed by atoms with van der Waals surface area (Å²) in [4.78, 5) is 15.6. The first-order valence-electron chi connectivity index (χ1n) is 6.48. The molecule has 1 aromatic heterocycles. The zero-order valence-corrected chi connectivity index (χ0v) is 11.5. The van der Waals surface area contributed by atoms with E-state index in [2.05, 4.69) is 10.3 Å². The lowest BCUT2D eigenvalue weighted by molar-refractivity contribution is 0.0798. The monoisotopic (exact) mass is 310 g/mol. The molecule has 1 heterocycles. The summed E-state index contributed by atoms with van der Waals surface area (Å²) >= 11 is 0. The Morgan fingerprint density at radius 3 is 3.05 bits per heavy atom. The molecular weight excluding hydrogens is 295 g/mol. The minimum atomic E-state index is -1.04. The van der Waals surface area contributed by atoms with Gasteiger partial charge in [0.05, 0.1) is 12.7 Å². The zero-order valence-electron chi connectivity index (χ0n) is 11.5. The average Bonchev–Trinajstić information content (AvgIpc) is 2.99. The van der Waals surface area contributed by atoms with Crippen molar-refractivity contribution >= 4 is 5.91 Å². The van der Waals surface area contributed by atoms with Gasteiger partial charge in [-0.3, -0.25) is 4.79 Å². The Hall–Kier alpha value is -2.45. The topological polar surface area (TPSA) is 105 Å². The predicted molar refractivity (Wildman–Crippen MR) is 72.7 cm³/mol. The molecule has 22 heavy (non-hydrogen) atoms. The minimum absolute atomic E-state index is 0.0167. The third-order valence-electron chi connectivity index (χ3n) is 2.65. The van der Waals surface area contributed by atoms with E-state index in [1.165, 1.54) is 18.2 Å². The number of ether oxygens (including phenoxy) is 1. The second-order valence-corrected chi connectivity index (χ2v) is 4.42. The van der Waals surface area contributed by atoms with Gasteiger partial charge < -0.3 is 24.7 Å². The van der Waals surface area contributed by atoms with Gasteiger partial charge in [0.1, 0.15) is 17.8 Å². The van der Waals surface area contributed by atoms with Crippen molar-refractivity contribution < 1.29 is 28.6 Å². The summed E-state index contributed by atoms with van der Waals surface area (Å²) < 4.78 is 23.3. The molecular formula is C14H15FN2O5. The Bertz CT molecular complexity index is 631. The molecule has 0 unspecified atom stereocenters. The molecule has 0 aliphatic heterocycles. The fourth-order valence-corrected chi connectivity index (χ4v) is 1.55. The van der Waals surface area contributed by atoms with Crippen LogP contribution in [-0.2, 0) is 6.61 Å². The van der Waals surface area contributed by atoms with Gasteiger partial charge in [-0.05, 0) is 12.1 Å². The lowest BCUT2D eigenvalue weighted by atomic mass is 10.3. The van der Waals surface area contributed by atoms with Crippen LogP contribution in [0.1, 0.15) is 16.4 Å². The number of carbonyl (C=O) groups is 1. The summed E-state index contributed by atoms with van der Waals surface area (Å²) in [6.45, 7) is -0.612. The fraction of sp³-hybridized carbons (Fsp3) is 0.286. The van der Waals surface area contributed by atoms with E-state index in [1.807, 2.05) is 0 Å². The van der Waals surface area contributed by atoms with Crippen molar-refractivity contribution in [2.45, 2.75) is 12.7 Å². The number of nitrogens with zero attached hydrogens (tertiary/aromatic N) is 1. The number of amides is 1. The van der Waals surface area contributed by atoms with E-state index in [9.17, 15) is 9.18 Å². The van der Waals surface area contributed by atoms with Crippen molar-refractivity contribution in [3.8, 4) is 5.75 Å². The number of nitrogens with one attached hydrogen (secondary N) is 1. The number of carbonyl (C=O) groups excluding carboxylic acids is 1. The highest BCUT2D eigenvalue weighted by molar-refractivity contribution is 5.91. The summed E-state index contributed by atoms with van der Waals surface area (Å²) in [5.74, 6) is -0.506. The van der Waals surface area contributed by atoms with Crippen LogP contribution in [-0.4, -0.2) is 40.4 Å². The lowest BCUT2D eigenvalue weighted by Gasteiger charge is -2.06. The highest BCUT2D eigenvalue weighted by atomic mass is 19.1. The van der Waals surface area contributed by atoms with Gasteiger partial charge in [-0.25, -0.2) is 9.37 Å². The van der Waals surface area contributed by atoms with Crippen molar-refractivity contribution in [3.63, 3.8) is 0 Å². The summed E-state index contributed by atoms with van der Waals surface area (Å²) in [6, 6.07) is 5.59. The van der Waals surface area contributed by atoms with Gasteiger partial charge in [-0.2, -0.15) is 0 Å². The van der Waals surface area contributed by atoms with Crippen LogP contribution in [0.4, 0.5) is 4.39 Å². The van der Waals surface area contributed by atoms with Gasteiger partial charge in [0.25, 0.3) is 5.91 Å². The summed E-state index contributed by atoms with van der Waals surface area (Å²) in [7, 11) is 0. The van der Waals surface area contributed by atoms with Crippen molar-refractivity contribution in [2.75, 3.05) is 13.2 Å². The first-order valence-corrected chi connectivity index (χ1v) is 6.48. The predicted octanol–water partition coefficient (Wildman–Crippen LogP) is 0.476. The number of hydrogen-bond donors (Lipinski definition) is 3. The zero-order chi connectivity index (χ0) is 15.9. The maximum absolute atomic E-state index is 13.0. The van der Waals surface area contributed by atoms with E-state index in [0.29, 0.717) is 5.75 Å². The van der Waals surface area contributed by atoms with Crippen LogP contribution in [0.3, 0.4) is 0 Å². The molecule has 1 atom stereocenters. The van der Waals surface area contributed by atoms with Gasteiger partial charge in [0.2, 0.25) is 5.89 Å². The Morgan fingerprint density at radius 2 is 2.32 bits per heavy atom. The molecule has 0 fully saturated rings. The summed E-state index contributed by atoms with van der Waals surface area (Å²) in [5, 5.41) is 20.2. The number of rotatable bonds is 7. The van der Waals surface area contributed by atoms with E-state index < -0.39 is 24.4 Å². The lowest BCUT2D eigenvalue weighted by Crippen LogP contribution is -2.34. The van der Waals surface area contributed by atoms with Gasteiger partial charge >= 0.3 is 0 Å². The molecule has 3 N–H and O–H groups in total. The summed E-state index contributed by atoms with van der Waals surface area (Å²) in [5.41, 5.74) is 0.0167. The number of benzene rings is 1. The third-order valence-corrected chi connectivity index (χ3v) is 2.65. The fourth-order valence-electron chi connectivity index (χ4n) is 1.55. The first-order chi connectivity index (χ1) is 10.6. The molecule has 0 bridgehead atoms. The first kappa shape index (κ1) is 15.9.